The average molecular weight is 449 g/mol. The molecule has 0 aromatic heterocycles. The van der Waals surface area contributed by atoms with Gasteiger partial charge in [-0.05, 0) is 57.8 Å². The molecule has 5 heteroatoms. The van der Waals surface area contributed by atoms with Gasteiger partial charge >= 0.3 is 0 Å². The molecule has 0 aromatic carbocycles. The van der Waals surface area contributed by atoms with Crippen LogP contribution < -0.4 is 22.1 Å². The van der Waals surface area contributed by atoms with Gasteiger partial charge in [0.2, 0.25) is 0 Å². The number of nitrogens with zero attached hydrogens (tertiary/aromatic N) is 1. The normalized spacial score (nSPS) is 18.3. The number of rotatable bonds is 10. The van der Waals surface area contributed by atoms with E-state index in [-0.39, 0.29) is 22.9 Å². The van der Waals surface area contributed by atoms with Gasteiger partial charge in [0.15, 0.2) is 0 Å². The summed E-state index contributed by atoms with van der Waals surface area (Å²) in [4.78, 5) is 11.2. The van der Waals surface area contributed by atoms with Crippen molar-refractivity contribution in [2.75, 3.05) is 32.8 Å². The second-order valence-corrected chi connectivity index (χ2v) is 8.43. The van der Waals surface area contributed by atoms with E-state index in [4.69, 9.17) is 5.11 Å². The van der Waals surface area contributed by atoms with Crippen LogP contribution in [0.5, 0.6) is 0 Å². The summed E-state index contributed by atoms with van der Waals surface area (Å²) in [5.74, 6) is -0.0324. The highest BCUT2D eigenvalue weighted by Gasteiger charge is 2.33. The Morgan fingerprint density at radius 1 is 0.963 bits per heavy atom. The molecule has 0 aromatic rings. The predicted octanol–water partition coefficient (Wildman–Crippen LogP) is 0.372. The van der Waals surface area contributed by atoms with Gasteiger partial charge in [0, 0.05) is 11.9 Å². The van der Waals surface area contributed by atoms with E-state index < -0.39 is 5.97 Å². The molecule has 2 aliphatic rings. The summed E-state index contributed by atoms with van der Waals surface area (Å²) in [6.07, 6.45) is 11.9. The van der Waals surface area contributed by atoms with E-state index in [1.807, 2.05) is 0 Å². The Morgan fingerprint density at radius 2 is 1.41 bits per heavy atom. The van der Waals surface area contributed by atoms with Crippen molar-refractivity contribution in [3.63, 3.8) is 0 Å². The summed E-state index contributed by atoms with van der Waals surface area (Å²) in [6, 6.07) is 0. The molecule has 0 aliphatic heterocycles. The SMILES string of the molecule is CCCC[N+](CC)(CC)CCO.O=C([O-])C(C1CCCC1)C1CCCC1.[Br-]. The molecule has 0 atom stereocenters. The largest absolute Gasteiger partial charge is 1.00 e. The first kappa shape index (κ1) is 26.9. The van der Waals surface area contributed by atoms with Crippen molar-refractivity contribution in [1.29, 1.82) is 0 Å². The zero-order chi connectivity index (χ0) is 19.4. The third kappa shape index (κ3) is 8.82. The summed E-state index contributed by atoms with van der Waals surface area (Å²) in [6.45, 7) is 11.4. The first-order chi connectivity index (χ1) is 12.5. The highest BCUT2D eigenvalue weighted by Crippen LogP contribution is 2.41. The molecule has 162 valence electrons. The Kier molecular flexibility index (Phi) is 14.7. The van der Waals surface area contributed by atoms with Gasteiger partial charge in [-0.15, -0.1) is 0 Å². The minimum Gasteiger partial charge on any atom is -1.00 e. The lowest BCUT2D eigenvalue weighted by atomic mass is 9.79. The second kappa shape index (κ2) is 14.8. The van der Waals surface area contributed by atoms with Crippen molar-refractivity contribution < 1.29 is 36.5 Å². The number of aliphatic hydroxyl groups excluding tert-OH is 1. The van der Waals surface area contributed by atoms with Crippen LogP contribution in [0.1, 0.15) is 85.0 Å². The van der Waals surface area contributed by atoms with Crippen LogP contribution in [0.2, 0.25) is 0 Å². The van der Waals surface area contributed by atoms with Crippen LogP contribution in [0.25, 0.3) is 0 Å². The number of carboxylic acids is 1. The molecule has 0 amide bonds. The lowest BCUT2D eigenvalue weighted by Crippen LogP contribution is -3.00. The van der Waals surface area contributed by atoms with E-state index in [0.29, 0.717) is 18.4 Å². The molecule has 1 N–H and O–H groups in total. The Hall–Kier alpha value is -0.130. The number of aliphatic hydroxyl groups is 1. The molecule has 4 nitrogen and oxygen atoms in total. The summed E-state index contributed by atoms with van der Waals surface area (Å²) in [5, 5.41) is 20.1. The first-order valence-corrected chi connectivity index (χ1v) is 11.2. The van der Waals surface area contributed by atoms with Gasteiger partial charge in [-0.2, -0.15) is 0 Å². The number of carboxylic acid groups (broad SMARTS) is 1. The third-order valence-corrected chi connectivity index (χ3v) is 6.99. The molecule has 2 fully saturated rings. The number of hydrogen-bond donors (Lipinski definition) is 1. The molecule has 0 spiro atoms. The van der Waals surface area contributed by atoms with Crippen LogP contribution in [-0.2, 0) is 4.79 Å². The number of carbonyl (C=O) groups is 1. The zero-order valence-electron chi connectivity index (χ0n) is 17.9. The van der Waals surface area contributed by atoms with E-state index in [0.717, 1.165) is 49.8 Å². The van der Waals surface area contributed by atoms with Crippen molar-refractivity contribution in [2.24, 2.45) is 17.8 Å². The van der Waals surface area contributed by atoms with Crippen molar-refractivity contribution in [3.05, 3.63) is 0 Å². The number of likely N-dealkylation sites (N-methyl/N-ethyl adjacent to an activating group) is 1. The maximum Gasteiger partial charge on any atom is 0.102 e. The quantitative estimate of drug-likeness (QED) is 0.491. The molecule has 0 heterocycles. The van der Waals surface area contributed by atoms with Crippen molar-refractivity contribution in [1.82, 2.24) is 0 Å². The number of unbranched alkanes of at least 4 members (excludes halogenated alkanes) is 1. The Morgan fingerprint density at radius 3 is 1.70 bits per heavy atom. The Balaban J connectivity index is 0.000000491. The van der Waals surface area contributed by atoms with Gasteiger partial charge in [-0.3, -0.25) is 0 Å². The Bertz CT molecular complexity index is 360. The van der Waals surface area contributed by atoms with Gasteiger partial charge in [0.05, 0.1) is 26.2 Å². The summed E-state index contributed by atoms with van der Waals surface area (Å²) >= 11 is 0. The van der Waals surface area contributed by atoms with E-state index >= 15 is 0 Å². The summed E-state index contributed by atoms with van der Waals surface area (Å²) in [7, 11) is 0. The van der Waals surface area contributed by atoms with Crippen LogP contribution >= 0.6 is 0 Å². The van der Waals surface area contributed by atoms with Gasteiger partial charge in [-0.1, -0.05) is 39.0 Å². The molecular formula is C22H43BrNO3-. The minimum atomic E-state index is -0.774. The highest BCUT2D eigenvalue weighted by molar-refractivity contribution is 5.68. The highest BCUT2D eigenvalue weighted by atomic mass is 79.9. The maximum atomic E-state index is 11.2. The van der Waals surface area contributed by atoms with Crippen LogP contribution in [0.15, 0.2) is 0 Å². The average Bonchev–Trinajstić information content (AvgIpc) is 3.34. The number of halogens is 1. The molecule has 2 rings (SSSR count). The third-order valence-electron chi connectivity index (χ3n) is 6.99. The topological polar surface area (TPSA) is 60.4 Å². The van der Waals surface area contributed by atoms with Crippen molar-refractivity contribution >= 4 is 5.97 Å². The summed E-state index contributed by atoms with van der Waals surface area (Å²) < 4.78 is 1.09. The van der Waals surface area contributed by atoms with Crippen LogP contribution in [0, 0.1) is 17.8 Å². The number of hydrogen-bond acceptors (Lipinski definition) is 3. The number of aliphatic carboxylic acids is 1. The van der Waals surface area contributed by atoms with E-state index in [2.05, 4.69) is 20.8 Å². The van der Waals surface area contributed by atoms with E-state index in [1.165, 1.54) is 45.1 Å². The number of quaternary nitrogens is 1. The first-order valence-electron chi connectivity index (χ1n) is 11.2. The fourth-order valence-corrected chi connectivity index (χ4v) is 5.08. The monoisotopic (exact) mass is 448 g/mol. The molecule has 2 saturated carbocycles. The number of carbonyl (C=O) groups excluding carboxylic acids is 1. The minimum absolute atomic E-state index is 0. The lowest BCUT2D eigenvalue weighted by molar-refractivity contribution is -0.925. The smallest absolute Gasteiger partial charge is 0.102 e. The van der Waals surface area contributed by atoms with E-state index in [1.54, 1.807) is 0 Å². The van der Waals surface area contributed by atoms with Gasteiger partial charge < -0.3 is 36.5 Å². The second-order valence-electron chi connectivity index (χ2n) is 8.43. The van der Waals surface area contributed by atoms with Crippen molar-refractivity contribution in [3.8, 4) is 0 Å². The fourth-order valence-electron chi connectivity index (χ4n) is 5.08. The molecule has 0 saturated heterocycles. The van der Waals surface area contributed by atoms with Gasteiger partial charge in [0.1, 0.15) is 6.54 Å². The van der Waals surface area contributed by atoms with Gasteiger partial charge in [0.25, 0.3) is 0 Å². The molecule has 27 heavy (non-hydrogen) atoms. The maximum absolute atomic E-state index is 11.2. The molecule has 0 radical (unpaired) electrons. The van der Waals surface area contributed by atoms with Crippen LogP contribution in [0.4, 0.5) is 0 Å². The molecule has 0 unspecified atom stereocenters. The van der Waals surface area contributed by atoms with Crippen LogP contribution in [0.3, 0.4) is 0 Å². The zero-order valence-corrected chi connectivity index (χ0v) is 19.5. The van der Waals surface area contributed by atoms with Crippen LogP contribution in [-0.4, -0.2) is 48.3 Å². The molecule has 2 aliphatic carbocycles. The Labute approximate surface area is 178 Å². The standard InChI is InChI=1S/C12H20O2.C10H24NO.BrH/c13-12(14)11(9-5-1-2-6-9)10-7-3-4-8-10;1-4-7-8-11(5-2,6-3)9-10-12;/h9-11H,1-8H2,(H,13,14);12H,4-10H2,1-3H3;1H/q;+1;/p-2. The lowest BCUT2D eigenvalue weighted by Gasteiger charge is -2.36. The van der Waals surface area contributed by atoms with Crippen molar-refractivity contribution in [2.45, 2.75) is 85.0 Å². The summed E-state index contributed by atoms with van der Waals surface area (Å²) in [5.41, 5.74) is 0. The van der Waals surface area contributed by atoms with E-state index in [9.17, 15) is 9.90 Å². The fraction of sp³-hybridized carbons (Fsp3) is 0.955. The van der Waals surface area contributed by atoms with Gasteiger partial charge in [-0.25, -0.2) is 0 Å². The molecule has 0 bridgehead atoms. The molecular weight excluding hydrogens is 406 g/mol. The predicted molar refractivity (Wildman–Crippen MR) is 105 cm³/mol.